The van der Waals surface area contributed by atoms with Gasteiger partial charge in [-0.05, 0) is 67.3 Å². The molecule has 1 aliphatic rings. The van der Waals surface area contributed by atoms with Gasteiger partial charge in [-0.2, -0.15) is 0 Å². The molecule has 26 heavy (non-hydrogen) atoms. The van der Waals surface area contributed by atoms with Gasteiger partial charge in [0.25, 0.3) is 0 Å². The first-order chi connectivity index (χ1) is 12.7. The summed E-state index contributed by atoms with van der Waals surface area (Å²) in [6, 6.07) is 13.8. The van der Waals surface area contributed by atoms with Gasteiger partial charge in [0.1, 0.15) is 0 Å². The van der Waals surface area contributed by atoms with Crippen molar-refractivity contribution in [3.05, 3.63) is 59.2 Å². The largest absolute Gasteiger partial charge is 0.372 e. The van der Waals surface area contributed by atoms with Crippen LogP contribution in [-0.4, -0.2) is 24.0 Å². The molecule has 1 aliphatic heterocycles. The SMILES string of the molecule is O=C(Cc1c[nH]c2ccc(Cl)cc12)Nc1ccc(N2CCCCC2)cc1. The minimum absolute atomic E-state index is 0.0309. The van der Waals surface area contributed by atoms with Gasteiger partial charge < -0.3 is 15.2 Å². The van der Waals surface area contributed by atoms with Crippen molar-refractivity contribution in [2.45, 2.75) is 25.7 Å². The smallest absolute Gasteiger partial charge is 0.228 e. The van der Waals surface area contributed by atoms with Crippen LogP contribution in [0.3, 0.4) is 0 Å². The summed E-state index contributed by atoms with van der Waals surface area (Å²) in [5.74, 6) is -0.0309. The van der Waals surface area contributed by atoms with Gasteiger partial charge in [0.05, 0.1) is 6.42 Å². The number of hydrogen-bond acceptors (Lipinski definition) is 2. The molecule has 2 heterocycles. The van der Waals surface area contributed by atoms with Crippen LogP contribution in [-0.2, 0) is 11.2 Å². The highest BCUT2D eigenvalue weighted by Gasteiger charge is 2.12. The number of rotatable bonds is 4. The van der Waals surface area contributed by atoms with Crippen LogP contribution in [0, 0.1) is 0 Å². The number of nitrogens with zero attached hydrogens (tertiary/aromatic N) is 1. The van der Waals surface area contributed by atoms with Gasteiger partial charge in [0.2, 0.25) is 5.91 Å². The highest BCUT2D eigenvalue weighted by Crippen LogP contribution is 2.24. The molecule has 0 atom stereocenters. The van der Waals surface area contributed by atoms with Crippen LogP contribution in [0.15, 0.2) is 48.7 Å². The van der Waals surface area contributed by atoms with Crippen molar-refractivity contribution in [2.24, 2.45) is 0 Å². The summed E-state index contributed by atoms with van der Waals surface area (Å²) in [6.07, 6.45) is 6.03. The minimum Gasteiger partial charge on any atom is -0.372 e. The second-order valence-electron chi connectivity index (χ2n) is 6.82. The van der Waals surface area contributed by atoms with Crippen molar-refractivity contribution in [3.63, 3.8) is 0 Å². The standard InChI is InChI=1S/C21H22ClN3O/c22-16-4-9-20-19(13-16)15(14-23-20)12-21(26)24-17-5-7-18(8-6-17)25-10-2-1-3-11-25/h4-9,13-14,23H,1-3,10-12H2,(H,24,26). The number of aromatic nitrogens is 1. The zero-order valence-electron chi connectivity index (χ0n) is 14.6. The quantitative estimate of drug-likeness (QED) is 0.682. The summed E-state index contributed by atoms with van der Waals surface area (Å²) in [7, 11) is 0. The summed E-state index contributed by atoms with van der Waals surface area (Å²) in [4.78, 5) is 18.0. The molecule has 4 rings (SSSR count). The van der Waals surface area contributed by atoms with E-state index in [0.29, 0.717) is 11.4 Å². The van der Waals surface area contributed by atoms with Gasteiger partial charge in [0.15, 0.2) is 0 Å². The van der Waals surface area contributed by atoms with Crippen LogP contribution >= 0.6 is 11.6 Å². The minimum atomic E-state index is -0.0309. The Kier molecular flexibility index (Phi) is 4.85. The number of nitrogens with one attached hydrogen (secondary N) is 2. The zero-order valence-corrected chi connectivity index (χ0v) is 15.4. The number of halogens is 1. The van der Waals surface area contributed by atoms with E-state index >= 15 is 0 Å². The number of aromatic amines is 1. The third kappa shape index (κ3) is 3.70. The predicted octanol–water partition coefficient (Wildman–Crippen LogP) is 4.99. The molecule has 0 radical (unpaired) electrons. The lowest BCUT2D eigenvalue weighted by atomic mass is 10.1. The van der Waals surface area contributed by atoms with Crippen molar-refractivity contribution in [2.75, 3.05) is 23.3 Å². The van der Waals surface area contributed by atoms with Crippen LogP contribution in [0.1, 0.15) is 24.8 Å². The van der Waals surface area contributed by atoms with Crippen LogP contribution < -0.4 is 10.2 Å². The van der Waals surface area contributed by atoms with E-state index in [4.69, 9.17) is 11.6 Å². The van der Waals surface area contributed by atoms with E-state index in [0.717, 1.165) is 35.2 Å². The number of benzene rings is 2. The van der Waals surface area contributed by atoms with E-state index in [1.54, 1.807) is 0 Å². The van der Waals surface area contributed by atoms with Crippen LogP contribution in [0.4, 0.5) is 11.4 Å². The fourth-order valence-electron chi connectivity index (χ4n) is 3.58. The molecule has 1 amide bonds. The molecule has 0 spiro atoms. The lowest BCUT2D eigenvalue weighted by Gasteiger charge is -2.28. The molecular formula is C21H22ClN3O. The highest BCUT2D eigenvalue weighted by molar-refractivity contribution is 6.31. The van der Waals surface area contributed by atoms with Gasteiger partial charge >= 0.3 is 0 Å². The summed E-state index contributed by atoms with van der Waals surface area (Å²) >= 11 is 6.07. The van der Waals surface area contributed by atoms with E-state index in [2.05, 4.69) is 27.3 Å². The molecule has 0 aliphatic carbocycles. The third-order valence-electron chi connectivity index (χ3n) is 4.95. The topological polar surface area (TPSA) is 48.1 Å². The fraction of sp³-hybridized carbons (Fsp3) is 0.286. The number of fused-ring (bicyclic) bond motifs is 1. The van der Waals surface area contributed by atoms with Gasteiger partial charge in [0, 0.05) is 46.6 Å². The van der Waals surface area contributed by atoms with E-state index in [9.17, 15) is 4.79 Å². The molecule has 1 aromatic heterocycles. The second kappa shape index (κ2) is 7.42. The third-order valence-corrected chi connectivity index (χ3v) is 5.19. The molecule has 0 unspecified atom stereocenters. The van der Waals surface area contributed by atoms with Crippen LogP contribution in [0.2, 0.25) is 5.02 Å². The summed E-state index contributed by atoms with van der Waals surface area (Å²) in [5.41, 5.74) is 4.00. The average molecular weight is 368 g/mol. The van der Waals surface area contributed by atoms with Gasteiger partial charge in [-0.3, -0.25) is 4.79 Å². The molecular weight excluding hydrogens is 346 g/mol. The van der Waals surface area contributed by atoms with Gasteiger partial charge in [-0.15, -0.1) is 0 Å². The van der Waals surface area contributed by atoms with E-state index < -0.39 is 0 Å². The summed E-state index contributed by atoms with van der Waals surface area (Å²) < 4.78 is 0. The highest BCUT2D eigenvalue weighted by atomic mass is 35.5. The molecule has 0 saturated carbocycles. The van der Waals surface area contributed by atoms with Crippen molar-refractivity contribution in [3.8, 4) is 0 Å². The lowest BCUT2D eigenvalue weighted by molar-refractivity contribution is -0.115. The van der Waals surface area contributed by atoms with Crippen LogP contribution in [0.5, 0.6) is 0 Å². The number of piperidine rings is 1. The van der Waals surface area contributed by atoms with Gasteiger partial charge in [-0.1, -0.05) is 11.6 Å². The number of anilines is 2. The Morgan fingerprint density at radius 3 is 2.62 bits per heavy atom. The normalized spacial score (nSPS) is 14.6. The van der Waals surface area contributed by atoms with Crippen molar-refractivity contribution in [1.82, 2.24) is 4.98 Å². The molecule has 1 saturated heterocycles. The second-order valence-corrected chi connectivity index (χ2v) is 7.26. The van der Waals surface area contributed by atoms with E-state index in [-0.39, 0.29) is 5.91 Å². The van der Waals surface area contributed by atoms with Gasteiger partial charge in [-0.25, -0.2) is 0 Å². The Morgan fingerprint density at radius 1 is 1.08 bits per heavy atom. The van der Waals surface area contributed by atoms with Crippen molar-refractivity contribution >= 4 is 39.8 Å². The fourth-order valence-corrected chi connectivity index (χ4v) is 3.75. The molecule has 0 bridgehead atoms. The molecule has 4 nitrogen and oxygen atoms in total. The molecule has 5 heteroatoms. The van der Waals surface area contributed by atoms with Crippen molar-refractivity contribution in [1.29, 1.82) is 0 Å². The number of carbonyl (C=O) groups excluding carboxylic acids is 1. The maximum absolute atomic E-state index is 12.4. The van der Waals surface area contributed by atoms with Crippen molar-refractivity contribution < 1.29 is 4.79 Å². The Hall–Kier alpha value is -2.46. The first-order valence-electron chi connectivity index (χ1n) is 9.09. The molecule has 2 N–H and O–H groups in total. The molecule has 2 aromatic carbocycles. The number of carbonyl (C=O) groups is 1. The maximum Gasteiger partial charge on any atom is 0.228 e. The molecule has 134 valence electrons. The molecule has 1 fully saturated rings. The van der Waals surface area contributed by atoms with E-state index in [1.165, 1.54) is 24.9 Å². The summed E-state index contributed by atoms with van der Waals surface area (Å²) in [6.45, 7) is 2.24. The van der Waals surface area contributed by atoms with Crippen LogP contribution in [0.25, 0.3) is 10.9 Å². The Bertz CT molecular complexity index is 911. The number of H-pyrrole nitrogens is 1. The first kappa shape index (κ1) is 17.0. The monoisotopic (exact) mass is 367 g/mol. The Morgan fingerprint density at radius 2 is 1.85 bits per heavy atom. The zero-order chi connectivity index (χ0) is 17.9. The Balaban J connectivity index is 1.41. The summed E-state index contributed by atoms with van der Waals surface area (Å²) in [5, 5.41) is 4.65. The maximum atomic E-state index is 12.4. The Labute approximate surface area is 158 Å². The lowest BCUT2D eigenvalue weighted by Crippen LogP contribution is -2.29. The van der Waals surface area contributed by atoms with E-state index in [1.807, 2.05) is 36.5 Å². The number of amides is 1. The number of hydrogen-bond donors (Lipinski definition) is 2. The molecule has 3 aromatic rings. The predicted molar refractivity (Wildman–Crippen MR) is 108 cm³/mol. The average Bonchev–Trinajstić information content (AvgIpc) is 3.05. The first-order valence-corrected chi connectivity index (χ1v) is 9.47.